The summed E-state index contributed by atoms with van der Waals surface area (Å²) in [6, 6.07) is 8.18. The summed E-state index contributed by atoms with van der Waals surface area (Å²) in [7, 11) is -3.71. The van der Waals surface area contributed by atoms with Crippen LogP contribution in [0.2, 0.25) is 0 Å². The average molecular weight is 434 g/mol. The van der Waals surface area contributed by atoms with Crippen LogP contribution in [0.5, 0.6) is 0 Å². The summed E-state index contributed by atoms with van der Waals surface area (Å²) < 4.78 is 33.4. The molecule has 122 valence electrons. The maximum absolute atomic E-state index is 12.4. The van der Waals surface area contributed by atoms with E-state index in [2.05, 4.69) is 20.7 Å². The fourth-order valence-electron chi connectivity index (χ4n) is 2.06. The molecule has 0 aliphatic rings. The van der Waals surface area contributed by atoms with E-state index in [0.29, 0.717) is 5.56 Å². The van der Waals surface area contributed by atoms with Crippen LogP contribution >= 0.6 is 38.6 Å². The molecule has 3 rings (SSSR count). The molecule has 0 spiro atoms. The highest BCUT2D eigenvalue weighted by atomic mass is 79.9. The SMILES string of the molecule is O=S(=O)(NC[C@](O)(c1ccsc1)c1ccco1)c1ccc(Br)s1. The van der Waals surface area contributed by atoms with Crippen LogP contribution in [0.4, 0.5) is 0 Å². The van der Waals surface area contributed by atoms with Gasteiger partial charge in [0.1, 0.15) is 9.97 Å². The third kappa shape index (κ3) is 3.44. The monoisotopic (exact) mass is 433 g/mol. The fraction of sp³-hybridized carbons (Fsp3) is 0.143. The Morgan fingerprint density at radius 2 is 2.13 bits per heavy atom. The highest BCUT2D eigenvalue weighted by Gasteiger charge is 2.36. The minimum atomic E-state index is -3.71. The minimum absolute atomic E-state index is 0.177. The van der Waals surface area contributed by atoms with Gasteiger partial charge in [-0.1, -0.05) is 0 Å². The van der Waals surface area contributed by atoms with E-state index in [1.54, 1.807) is 29.6 Å². The van der Waals surface area contributed by atoms with Crippen molar-refractivity contribution < 1.29 is 17.9 Å². The normalized spacial score (nSPS) is 14.7. The van der Waals surface area contributed by atoms with E-state index in [1.165, 1.54) is 23.7 Å². The van der Waals surface area contributed by atoms with Crippen molar-refractivity contribution in [3.05, 3.63) is 62.5 Å². The molecule has 0 aromatic carbocycles. The van der Waals surface area contributed by atoms with E-state index in [-0.39, 0.29) is 16.5 Å². The fourth-order valence-corrected chi connectivity index (χ4v) is 5.90. The number of aliphatic hydroxyl groups is 1. The second kappa shape index (κ2) is 6.50. The zero-order chi connectivity index (χ0) is 16.5. The van der Waals surface area contributed by atoms with Gasteiger partial charge in [0.2, 0.25) is 10.0 Å². The molecule has 0 bridgehead atoms. The van der Waals surface area contributed by atoms with Gasteiger partial charge in [-0.25, -0.2) is 13.1 Å². The predicted molar refractivity (Wildman–Crippen MR) is 93.2 cm³/mol. The number of sulfonamides is 1. The third-order valence-electron chi connectivity index (χ3n) is 3.26. The first-order valence-corrected chi connectivity index (χ1v) is 10.5. The summed E-state index contributed by atoms with van der Waals surface area (Å²) in [6.45, 7) is -0.227. The lowest BCUT2D eigenvalue weighted by atomic mass is 9.94. The lowest BCUT2D eigenvalue weighted by Gasteiger charge is -2.25. The molecule has 0 radical (unpaired) electrons. The molecule has 0 saturated heterocycles. The van der Waals surface area contributed by atoms with Crippen molar-refractivity contribution in [1.29, 1.82) is 0 Å². The van der Waals surface area contributed by atoms with Crippen LogP contribution in [0.3, 0.4) is 0 Å². The van der Waals surface area contributed by atoms with Gasteiger partial charge in [-0.3, -0.25) is 0 Å². The number of furan rings is 1. The van der Waals surface area contributed by atoms with Crippen LogP contribution < -0.4 is 4.72 Å². The van der Waals surface area contributed by atoms with Crippen LogP contribution in [0.1, 0.15) is 11.3 Å². The van der Waals surface area contributed by atoms with E-state index in [0.717, 1.165) is 15.1 Å². The molecule has 1 atom stereocenters. The van der Waals surface area contributed by atoms with Gasteiger partial charge in [0, 0.05) is 5.56 Å². The first-order valence-electron chi connectivity index (χ1n) is 6.46. The molecule has 9 heteroatoms. The smallest absolute Gasteiger partial charge is 0.250 e. The first-order chi connectivity index (χ1) is 10.9. The Balaban J connectivity index is 1.89. The average Bonchev–Trinajstić information content (AvgIpc) is 3.25. The van der Waals surface area contributed by atoms with Crippen molar-refractivity contribution in [3.63, 3.8) is 0 Å². The van der Waals surface area contributed by atoms with E-state index in [1.807, 2.05) is 5.38 Å². The molecule has 5 nitrogen and oxygen atoms in total. The van der Waals surface area contributed by atoms with Crippen LogP contribution in [-0.4, -0.2) is 20.1 Å². The third-order valence-corrected chi connectivity index (χ3v) is 7.46. The molecule has 3 heterocycles. The molecule has 0 amide bonds. The van der Waals surface area contributed by atoms with E-state index >= 15 is 0 Å². The summed E-state index contributed by atoms with van der Waals surface area (Å²) in [5.74, 6) is 0.283. The maximum atomic E-state index is 12.4. The molecule has 23 heavy (non-hydrogen) atoms. The lowest BCUT2D eigenvalue weighted by molar-refractivity contribution is 0.0623. The van der Waals surface area contributed by atoms with Crippen LogP contribution in [0.25, 0.3) is 0 Å². The Morgan fingerprint density at radius 3 is 2.70 bits per heavy atom. The van der Waals surface area contributed by atoms with Gasteiger partial charge < -0.3 is 9.52 Å². The van der Waals surface area contributed by atoms with Crippen LogP contribution in [0.15, 0.2) is 59.8 Å². The van der Waals surface area contributed by atoms with Crippen LogP contribution in [0, 0.1) is 0 Å². The second-order valence-corrected chi connectivity index (χ2v) is 9.97. The highest BCUT2D eigenvalue weighted by Crippen LogP contribution is 2.32. The van der Waals surface area contributed by atoms with Crippen molar-refractivity contribution in [3.8, 4) is 0 Å². The molecular weight excluding hydrogens is 422 g/mol. The number of nitrogens with one attached hydrogen (secondary N) is 1. The molecule has 0 aliphatic heterocycles. The zero-order valence-electron chi connectivity index (χ0n) is 11.6. The number of hydrogen-bond acceptors (Lipinski definition) is 6. The Kier molecular flexibility index (Phi) is 4.77. The number of hydrogen-bond donors (Lipinski definition) is 2. The molecule has 0 aliphatic carbocycles. The maximum Gasteiger partial charge on any atom is 0.250 e. The standard InChI is InChI=1S/C14H12BrNO4S3/c15-12-3-4-13(22-12)23(18,19)16-9-14(17,10-5-7-21-8-10)11-2-1-6-20-11/h1-8,16-17H,9H2/t14-/m0/s1. The van der Waals surface area contributed by atoms with Crippen molar-refractivity contribution in [2.45, 2.75) is 9.81 Å². The second-order valence-electron chi connectivity index (χ2n) is 4.73. The van der Waals surface area contributed by atoms with Gasteiger partial charge >= 0.3 is 0 Å². The van der Waals surface area contributed by atoms with Crippen LogP contribution in [-0.2, 0) is 15.6 Å². The topological polar surface area (TPSA) is 79.5 Å². The number of halogens is 1. The Morgan fingerprint density at radius 1 is 1.30 bits per heavy atom. The van der Waals surface area contributed by atoms with Gasteiger partial charge in [-0.2, -0.15) is 11.3 Å². The van der Waals surface area contributed by atoms with Crippen molar-refractivity contribution in [2.24, 2.45) is 0 Å². The van der Waals surface area contributed by atoms with Gasteiger partial charge in [-0.05, 0) is 57.0 Å². The summed E-state index contributed by atoms with van der Waals surface area (Å²) in [5, 5.41) is 14.6. The van der Waals surface area contributed by atoms with E-state index in [4.69, 9.17) is 4.42 Å². The zero-order valence-corrected chi connectivity index (χ0v) is 15.6. The minimum Gasteiger partial charge on any atom is -0.466 e. The Bertz CT molecular complexity index is 835. The molecule has 0 fully saturated rings. The quantitative estimate of drug-likeness (QED) is 0.624. The van der Waals surface area contributed by atoms with Gasteiger partial charge in [0.15, 0.2) is 5.60 Å². The molecular formula is C14H12BrNO4S3. The molecule has 0 unspecified atom stereocenters. The van der Waals surface area contributed by atoms with Gasteiger partial charge in [-0.15, -0.1) is 11.3 Å². The Labute approximate surface area is 149 Å². The number of thiophene rings is 2. The number of rotatable bonds is 6. The summed E-state index contributed by atoms with van der Waals surface area (Å²) in [4.78, 5) is 0. The highest BCUT2D eigenvalue weighted by molar-refractivity contribution is 9.11. The van der Waals surface area contributed by atoms with E-state index < -0.39 is 15.6 Å². The molecule has 3 aromatic heterocycles. The van der Waals surface area contributed by atoms with E-state index in [9.17, 15) is 13.5 Å². The first kappa shape index (κ1) is 16.9. The summed E-state index contributed by atoms with van der Waals surface area (Å²) in [6.07, 6.45) is 1.44. The largest absolute Gasteiger partial charge is 0.466 e. The van der Waals surface area contributed by atoms with Gasteiger partial charge in [0.05, 0.1) is 16.6 Å². The van der Waals surface area contributed by atoms with Crippen molar-refractivity contribution in [1.82, 2.24) is 4.72 Å². The molecule has 3 aromatic rings. The molecule has 0 saturated carbocycles. The molecule has 2 N–H and O–H groups in total. The Hall–Kier alpha value is -0.970. The lowest BCUT2D eigenvalue weighted by Crippen LogP contribution is -2.41. The van der Waals surface area contributed by atoms with Crippen molar-refractivity contribution >= 4 is 48.6 Å². The van der Waals surface area contributed by atoms with Crippen molar-refractivity contribution in [2.75, 3.05) is 6.54 Å². The predicted octanol–water partition coefficient (Wildman–Crippen LogP) is 3.38. The van der Waals surface area contributed by atoms with Gasteiger partial charge in [0.25, 0.3) is 0 Å². The summed E-state index contributed by atoms with van der Waals surface area (Å²) >= 11 is 5.76. The summed E-state index contributed by atoms with van der Waals surface area (Å²) in [5.41, 5.74) is -0.988.